The lowest BCUT2D eigenvalue weighted by atomic mass is 10.2. The van der Waals surface area contributed by atoms with Gasteiger partial charge in [-0.15, -0.1) is 10.2 Å². The molecule has 3 aromatic heterocycles. The molecule has 0 spiro atoms. The number of hydrogen-bond acceptors (Lipinski definition) is 5. The van der Waals surface area contributed by atoms with E-state index in [4.69, 9.17) is 4.98 Å². The average Bonchev–Trinajstić information content (AvgIpc) is 3.11. The highest BCUT2D eigenvalue weighted by Crippen LogP contribution is 2.27. The predicted molar refractivity (Wildman–Crippen MR) is 102 cm³/mol. The molecule has 3 rings (SSSR count). The van der Waals surface area contributed by atoms with Crippen molar-refractivity contribution in [1.29, 1.82) is 0 Å². The Balaban J connectivity index is 1.92. The fourth-order valence-electron chi connectivity index (χ4n) is 3.06. The maximum atomic E-state index is 4.75. The average molecular weight is 341 g/mol. The SMILES string of the molecule is CCCc1nnc2c(Nc3ccc(N(CC)CC)nc3C)c(C)[nH]n12. The van der Waals surface area contributed by atoms with Gasteiger partial charge in [-0.1, -0.05) is 6.92 Å². The molecule has 0 saturated heterocycles. The van der Waals surface area contributed by atoms with Crippen molar-refractivity contribution in [3.8, 4) is 0 Å². The van der Waals surface area contributed by atoms with E-state index in [0.717, 1.165) is 66.0 Å². The Morgan fingerprint density at radius 3 is 2.52 bits per heavy atom. The van der Waals surface area contributed by atoms with Crippen molar-refractivity contribution in [2.75, 3.05) is 23.3 Å². The normalized spacial score (nSPS) is 11.2. The molecule has 25 heavy (non-hydrogen) atoms. The molecule has 2 N–H and O–H groups in total. The standard InChI is InChI=1S/C18H27N7/c1-6-9-16-21-22-18-17(13(5)23-25(16)18)20-14-10-11-15(19-12(14)4)24(7-2)8-3/h10-11,20,23H,6-9H2,1-5H3. The van der Waals surface area contributed by atoms with Crippen LogP contribution in [0, 0.1) is 13.8 Å². The van der Waals surface area contributed by atoms with Crippen molar-refractivity contribution in [3.05, 3.63) is 29.3 Å². The molecular formula is C18H27N7. The van der Waals surface area contributed by atoms with E-state index in [-0.39, 0.29) is 0 Å². The Labute approximate surface area is 148 Å². The predicted octanol–water partition coefficient (Wildman–Crippen LogP) is 3.61. The number of aryl methyl sites for hydroxylation is 3. The summed E-state index contributed by atoms with van der Waals surface area (Å²) in [7, 11) is 0. The molecule has 0 aliphatic carbocycles. The number of fused-ring (bicyclic) bond motifs is 1. The molecule has 0 saturated carbocycles. The lowest BCUT2D eigenvalue weighted by Crippen LogP contribution is -2.23. The van der Waals surface area contributed by atoms with Gasteiger partial charge >= 0.3 is 0 Å². The summed E-state index contributed by atoms with van der Waals surface area (Å²) in [6.45, 7) is 12.4. The Bertz CT molecular complexity index is 858. The minimum atomic E-state index is 0.827. The van der Waals surface area contributed by atoms with Crippen LogP contribution in [-0.4, -0.2) is 37.9 Å². The molecule has 0 unspecified atom stereocenters. The maximum Gasteiger partial charge on any atom is 0.201 e. The zero-order chi connectivity index (χ0) is 18.0. The quantitative estimate of drug-likeness (QED) is 0.687. The van der Waals surface area contributed by atoms with Crippen molar-refractivity contribution in [1.82, 2.24) is 24.8 Å². The van der Waals surface area contributed by atoms with Gasteiger partial charge in [-0.3, -0.25) is 5.10 Å². The minimum absolute atomic E-state index is 0.827. The summed E-state index contributed by atoms with van der Waals surface area (Å²) in [6.07, 6.45) is 1.94. The molecule has 0 aliphatic rings. The molecule has 3 heterocycles. The lowest BCUT2D eigenvalue weighted by molar-refractivity contribution is 0.771. The Morgan fingerprint density at radius 1 is 1.12 bits per heavy atom. The highest BCUT2D eigenvalue weighted by Gasteiger charge is 2.16. The van der Waals surface area contributed by atoms with Crippen molar-refractivity contribution >= 4 is 22.8 Å². The second-order valence-corrected chi connectivity index (χ2v) is 6.24. The first kappa shape index (κ1) is 17.3. The molecule has 0 aromatic carbocycles. The van der Waals surface area contributed by atoms with E-state index in [1.807, 2.05) is 18.4 Å². The van der Waals surface area contributed by atoms with Gasteiger partial charge in [0.2, 0.25) is 5.65 Å². The Kier molecular flexibility index (Phi) is 4.92. The van der Waals surface area contributed by atoms with Gasteiger partial charge in [0.1, 0.15) is 11.5 Å². The van der Waals surface area contributed by atoms with Gasteiger partial charge in [-0.2, -0.15) is 0 Å². The molecule has 7 heteroatoms. The minimum Gasteiger partial charge on any atom is -0.357 e. The number of anilines is 3. The van der Waals surface area contributed by atoms with Crippen LogP contribution >= 0.6 is 0 Å². The van der Waals surface area contributed by atoms with Crippen LogP contribution in [-0.2, 0) is 6.42 Å². The third kappa shape index (κ3) is 3.18. The summed E-state index contributed by atoms with van der Waals surface area (Å²) >= 11 is 0. The maximum absolute atomic E-state index is 4.75. The first-order chi connectivity index (χ1) is 12.1. The number of aromatic amines is 1. The van der Waals surface area contributed by atoms with Gasteiger partial charge in [-0.05, 0) is 46.2 Å². The van der Waals surface area contributed by atoms with Gasteiger partial charge in [0.05, 0.1) is 17.1 Å². The second kappa shape index (κ2) is 7.13. The molecule has 0 radical (unpaired) electrons. The summed E-state index contributed by atoms with van der Waals surface area (Å²) in [4.78, 5) is 6.99. The first-order valence-electron chi connectivity index (χ1n) is 9.01. The van der Waals surface area contributed by atoms with Crippen LogP contribution in [0.2, 0.25) is 0 Å². The number of nitrogens with one attached hydrogen (secondary N) is 2. The third-order valence-corrected chi connectivity index (χ3v) is 4.50. The van der Waals surface area contributed by atoms with Crippen molar-refractivity contribution < 1.29 is 0 Å². The van der Waals surface area contributed by atoms with E-state index >= 15 is 0 Å². The van der Waals surface area contributed by atoms with E-state index < -0.39 is 0 Å². The van der Waals surface area contributed by atoms with Crippen molar-refractivity contribution in [2.45, 2.75) is 47.5 Å². The zero-order valence-corrected chi connectivity index (χ0v) is 15.7. The van der Waals surface area contributed by atoms with Crippen LogP contribution in [0.15, 0.2) is 12.1 Å². The number of H-pyrrole nitrogens is 1. The molecule has 0 fully saturated rings. The molecule has 3 aromatic rings. The van der Waals surface area contributed by atoms with Gasteiger partial charge in [0, 0.05) is 19.5 Å². The van der Waals surface area contributed by atoms with E-state index in [0.29, 0.717) is 0 Å². The lowest BCUT2D eigenvalue weighted by Gasteiger charge is -2.21. The number of pyridine rings is 1. The Hall–Kier alpha value is -2.57. The van der Waals surface area contributed by atoms with E-state index in [1.165, 1.54) is 0 Å². The molecular weight excluding hydrogens is 314 g/mol. The van der Waals surface area contributed by atoms with Crippen LogP contribution in [0.3, 0.4) is 0 Å². The molecule has 0 aliphatic heterocycles. The molecule has 7 nitrogen and oxygen atoms in total. The summed E-state index contributed by atoms with van der Waals surface area (Å²) in [5.74, 6) is 1.97. The van der Waals surface area contributed by atoms with E-state index in [1.54, 1.807) is 0 Å². The number of rotatable bonds is 7. The van der Waals surface area contributed by atoms with Crippen LogP contribution in [0.1, 0.15) is 44.4 Å². The number of aromatic nitrogens is 5. The third-order valence-electron chi connectivity index (χ3n) is 4.50. The Morgan fingerprint density at radius 2 is 1.88 bits per heavy atom. The molecule has 0 atom stereocenters. The topological polar surface area (TPSA) is 74.1 Å². The molecule has 0 amide bonds. The van der Waals surface area contributed by atoms with Crippen LogP contribution in [0.25, 0.3) is 5.65 Å². The zero-order valence-electron chi connectivity index (χ0n) is 15.7. The largest absolute Gasteiger partial charge is 0.357 e. The van der Waals surface area contributed by atoms with Gasteiger partial charge in [-0.25, -0.2) is 9.50 Å². The van der Waals surface area contributed by atoms with E-state index in [2.05, 4.69) is 58.4 Å². The summed E-state index contributed by atoms with van der Waals surface area (Å²) in [6, 6.07) is 4.15. The van der Waals surface area contributed by atoms with E-state index in [9.17, 15) is 0 Å². The second-order valence-electron chi connectivity index (χ2n) is 6.24. The fourth-order valence-corrected chi connectivity index (χ4v) is 3.06. The first-order valence-corrected chi connectivity index (χ1v) is 9.01. The number of nitrogens with zero attached hydrogens (tertiary/aromatic N) is 5. The monoisotopic (exact) mass is 341 g/mol. The van der Waals surface area contributed by atoms with Crippen molar-refractivity contribution in [3.63, 3.8) is 0 Å². The smallest absolute Gasteiger partial charge is 0.201 e. The van der Waals surface area contributed by atoms with Gasteiger partial charge in [0.15, 0.2) is 5.82 Å². The molecule has 0 bridgehead atoms. The summed E-state index contributed by atoms with van der Waals surface area (Å²) in [5.41, 5.74) is 4.77. The summed E-state index contributed by atoms with van der Waals surface area (Å²) in [5, 5.41) is 15.5. The van der Waals surface area contributed by atoms with Crippen LogP contribution in [0.4, 0.5) is 17.2 Å². The van der Waals surface area contributed by atoms with Gasteiger partial charge in [0.25, 0.3) is 0 Å². The van der Waals surface area contributed by atoms with Gasteiger partial charge < -0.3 is 10.2 Å². The number of hydrogen-bond donors (Lipinski definition) is 2. The van der Waals surface area contributed by atoms with Crippen LogP contribution < -0.4 is 10.2 Å². The fraction of sp³-hybridized carbons (Fsp3) is 0.500. The highest BCUT2D eigenvalue weighted by atomic mass is 15.4. The highest BCUT2D eigenvalue weighted by molar-refractivity contribution is 5.77. The van der Waals surface area contributed by atoms with Crippen LogP contribution in [0.5, 0.6) is 0 Å². The van der Waals surface area contributed by atoms with Crippen molar-refractivity contribution in [2.24, 2.45) is 0 Å². The molecule has 134 valence electrons. The summed E-state index contributed by atoms with van der Waals surface area (Å²) < 4.78 is 1.97.